The first-order chi connectivity index (χ1) is 7.19. The Bertz CT molecular complexity index is 393. The minimum absolute atomic E-state index is 0.190. The molecular weight excluding hydrogens is 212 g/mol. The van der Waals surface area contributed by atoms with Crippen LogP contribution in [0.15, 0.2) is 24.3 Å². The number of carbonyl (C=O) groups is 1. The summed E-state index contributed by atoms with van der Waals surface area (Å²) in [6.07, 6.45) is 4.65. The molecule has 15 heavy (non-hydrogen) atoms. The van der Waals surface area contributed by atoms with Crippen molar-refractivity contribution in [3.8, 4) is 12.3 Å². The molecule has 0 bridgehead atoms. The van der Waals surface area contributed by atoms with Crippen molar-refractivity contribution < 1.29 is 9.53 Å². The molecule has 0 saturated heterocycles. The molecule has 78 valence electrons. The van der Waals surface area contributed by atoms with Gasteiger partial charge in [-0.3, -0.25) is 4.79 Å². The third-order valence-corrected chi connectivity index (χ3v) is 2.20. The summed E-state index contributed by atoms with van der Waals surface area (Å²) in [6.45, 7) is 1.91. The Balaban J connectivity index is 2.89. The molecule has 0 fully saturated rings. The Morgan fingerprint density at radius 2 is 2.27 bits per heavy atom. The molecule has 3 heteroatoms. The Hall–Kier alpha value is -1.46. The van der Waals surface area contributed by atoms with Gasteiger partial charge in [0, 0.05) is 5.56 Å². The highest BCUT2D eigenvalue weighted by atomic mass is 35.5. The molecule has 0 unspecified atom stereocenters. The van der Waals surface area contributed by atoms with E-state index in [0.717, 1.165) is 11.1 Å². The van der Waals surface area contributed by atoms with Crippen LogP contribution in [0, 0.1) is 19.3 Å². The highest BCUT2D eigenvalue weighted by Gasteiger charge is 2.14. The van der Waals surface area contributed by atoms with Gasteiger partial charge in [0.05, 0.1) is 0 Å². The van der Waals surface area contributed by atoms with Gasteiger partial charge >= 0.3 is 5.97 Å². The number of carbonyl (C=O) groups excluding carboxylic acids is 1. The predicted octanol–water partition coefficient (Wildman–Crippen LogP) is 2.45. The van der Waals surface area contributed by atoms with Crippen LogP contribution < -0.4 is 0 Å². The van der Waals surface area contributed by atoms with Crippen molar-refractivity contribution in [3.05, 3.63) is 35.4 Å². The lowest BCUT2D eigenvalue weighted by Gasteiger charge is -2.13. The third-order valence-electron chi connectivity index (χ3n) is 1.98. The van der Waals surface area contributed by atoms with Gasteiger partial charge in [-0.05, 0) is 12.5 Å². The van der Waals surface area contributed by atoms with E-state index in [-0.39, 0.29) is 5.88 Å². The van der Waals surface area contributed by atoms with E-state index in [0.29, 0.717) is 0 Å². The molecule has 0 aliphatic carbocycles. The van der Waals surface area contributed by atoms with E-state index in [1.165, 1.54) is 0 Å². The fourth-order valence-electron chi connectivity index (χ4n) is 1.23. The first-order valence-electron chi connectivity index (χ1n) is 4.46. The Morgan fingerprint density at radius 3 is 2.80 bits per heavy atom. The standard InChI is InChI=1S/C12H11ClO2/c1-3-11(15-12(14)8-13)10-7-5-4-6-9(10)2/h1,4-7,11H,8H2,2H3/t11-/m0/s1. The van der Waals surface area contributed by atoms with Crippen LogP contribution >= 0.6 is 11.6 Å². The molecule has 2 nitrogen and oxygen atoms in total. The summed E-state index contributed by atoms with van der Waals surface area (Å²) < 4.78 is 5.01. The summed E-state index contributed by atoms with van der Waals surface area (Å²) >= 11 is 5.34. The molecule has 1 aromatic carbocycles. The molecule has 0 amide bonds. The van der Waals surface area contributed by atoms with E-state index in [4.69, 9.17) is 22.8 Å². The van der Waals surface area contributed by atoms with Crippen LogP contribution in [0.25, 0.3) is 0 Å². The zero-order chi connectivity index (χ0) is 11.3. The molecule has 0 aliphatic heterocycles. The summed E-state index contributed by atoms with van der Waals surface area (Å²) in [4.78, 5) is 11.0. The fourth-order valence-corrected chi connectivity index (χ4v) is 1.29. The van der Waals surface area contributed by atoms with Crippen LogP contribution in [-0.2, 0) is 9.53 Å². The molecule has 0 heterocycles. The van der Waals surface area contributed by atoms with Crippen molar-refractivity contribution in [3.63, 3.8) is 0 Å². The topological polar surface area (TPSA) is 26.3 Å². The van der Waals surface area contributed by atoms with Crippen molar-refractivity contribution in [1.82, 2.24) is 0 Å². The smallest absolute Gasteiger partial charge is 0.322 e. The van der Waals surface area contributed by atoms with Crippen LogP contribution in [0.2, 0.25) is 0 Å². The van der Waals surface area contributed by atoms with Gasteiger partial charge < -0.3 is 4.74 Å². The number of rotatable bonds is 3. The summed E-state index contributed by atoms with van der Waals surface area (Å²) in [5.74, 6) is 1.72. The maximum atomic E-state index is 11.0. The van der Waals surface area contributed by atoms with Crippen LogP contribution in [0.4, 0.5) is 0 Å². The maximum Gasteiger partial charge on any atom is 0.322 e. The molecule has 0 aromatic heterocycles. The van der Waals surface area contributed by atoms with E-state index < -0.39 is 12.1 Å². The number of esters is 1. The lowest BCUT2D eigenvalue weighted by molar-refractivity contribution is -0.143. The zero-order valence-corrected chi connectivity index (χ0v) is 9.12. The lowest BCUT2D eigenvalue weighted by Crippen LogP contribution is -2.11. The molecule has 0 saturated carbocycles. The van der Waals surface area contributed by atoms with Gasteiger partial charge in [0.25, 0.3) is 0 Å². The Labute approximate surface area is 94.2 Å². The molecule has 0 radical (unpaired) electrons. The highest BCUT2D eigenvalue weighted by molar-refractivity contribution is 6.26. The van der Waals surface area contributed by atoms with Crippen LogP contribution in [-0.4, -0.2) is 11.8 Å². The van der Waals surface area contributed by atoms with Gasteiger partial charge in [-0.25, -0.2) is 0 Å². The van der Waals surface area contributed by atoms with Crippen LogP contribution in [0.1, 0.15) is 17.2 Å². The minimum Gasteiger partial charge on any atom is -0.443 e. The van der Waals surface area contributed by atoms with E-state index in [2.05, 4.69) is 5.92 Å². The van der Waals surface area contributed by atoms with Crippen LogP contribution in [0.3, 0.4) is 0 Å². The molecular formula is C12H11ClO2. The largest absolute Gasteiger partial charge is 0.443 e. The van der Waals surface area contributed by atoms with Crippen LogP contribution in [0.5, 0.6) is 0 Å². The monoisotopic (exact) mass is 222 g/mol. The van der Waals surface area contributed by atoms with Crippen molar-refractivity contribution in [2.45, 2.75) is 13.0 Å². The second-order valence-corrected chi connectivity index (χ2v) is 3.29. The number of ether oxygens (including phenoxy) is 1. The quantitative estimate of drug-likeness (QED) is 0.446. The van der Waals surface area contributed by atoms with Gasteiger partial charge in [-0.2, -0.15) is 0 Å². The lowest BCUT2D eigenvalue weighted by atomic mass is 10.0. The number of terminal acetylenes is 1. The van der Waals surface area contributed by atoms with E-state index in [9.17, 15) is 4.79 Å². The second kappa shape index (κ2) is 5.43. The first kappa shape index (κ1) is 11.6. The van der Waals surface area contributed by atoms with Crippen molar-refractivity contribution in [2.24, 2.45) is 0 Å². The average molecular weight is 223 g/mol. The van der Waals surface area contributed by atoms with E-state index >= 15 is 0 Å². The number of hydrogen-bond donors (Lipinski definition) is 0. The molecule has 1 aromatic rings. The SMILES string of the molecule is C#C[C@H](OC(=O)CCl)c1ccccc1C. The average Bonchev–Trinajstić information content (AvgIpc) is 2.26. The van der Waals surface area contributed by atoms with Crippen molar-refractivity contribution >= 4 is 17.6 Å². The van der Waals surface area contributed by atoms with Crippen molar-refractivity contribution in [1.29, 1.82) is 0 Å². The van der Waals surface area contributed by atoms with Gasteiger partial charge in [-0.15, -0.1) is 18.0 Å². The van der Waals surface area contributed by atoms with Crippen molar-refractivity contribution in [2.75, 3.05) is 5.88 Å². The number of aryl methyl sites for hydroxylation is 1. The van der Waals surface area contributed by atoms with Gasteiger partial charge in [0.1, 0.15) is 5.88 Å². The Kier molecular flexibility index (Phi) is 4.20. The number of hydrogen-bond acceptors (Lipinski definition) is 2. The Morgan fingerprint density at radius 1 is 1.60 bits per heavy atom. The number of halogens is 1. The normalized spacial score (nSPS) is 11.5. The van der Waals surface area contributed by atoms with E-state index in [1.807, 2.05) is 31.2 Å². The molecule has 0 spiro atoms. The van der Waals surface area contributed by atoms with Gasteiger partial charge in [-0.1, -0.05) is 30.2 Å². The summed E-state index contributed by atoms with van der Waals surface area (Å²) in [5.41, 5.74) is 1.81. The highest BCUT2D eigenvalue weighted by Crippen LogP contribution is 2.20. The molecule has 0 N–H and O–H groups in total. The molecule has 1 atom stereocenters. The summed E-state index contributed by atoms with van der Waals surface area (Å²) in [6, 6.07) is 7.49. The minimum atomic E-state index is -0.655. The summed E-state index contributed by atoms with van der Waals surface area (Å²) in [5, 5.41) is 0. The van der Waals surface area contributed by atoms with E-state index in [1.54, 1.807) is 0 Å². The second-order valence-electron chi connectivity index (χ2n) is 3.03. The third kappa shape index (κ3) is 3.00. The van der Waals surface area contributed by atoms with Gasteiger partial charge in [0.15, 0.2) is 6.10 Å². The summed E-state index contributed by atoms with van der Waals surface area (Å²) in [7, 11) is 0. The number of alkyl halides is 1. The number of benzene rings is 1. The predicted molar refractivity (Wildman–Crippen MR) is 59.6 cm³/mol. The fraction of sp³-hybridized carbons (Fsp3) is 0.250. The molecule has 0 aliphatic rings. The van der Waals surface area contributed by atoms with Gasteiger partial charge in [0.2, 0.25) is 0 Å². The zero-order valence-electron chi connectivity index (χ0n) is 8.37. The molecule has 1 rings (SSSR count). The maximum absolute atomic E-state index is 11.0. The first-order valence-corrected chi connectivity index (χ1v) is 4.99.